The summed E-state index contributed by atoms with van der Waals surface area (Å²) in [6, 6.07) is 1.89. The first-order valence-electron chi connectivity index (χ1n) is 8.33. The Morgan fingerprint density at radius 3 is 2.13 bits per heavy atom. The van der Waals surface area contributed by atoms with E-state index in [1.807, 2.05) is 0 Å². The molecule has 5 nitrogen and oxygen atoms in total. The van der Waals surface area contributed by atoms with Gasteiger partial charge in [-0.15, -0.1) is 0 Å². The van der Waals surface area contributed by atoms with Gasteiger partial charge in [-0.1, -0.05) is 6.92 Å². The first-order valence-corrected chi connectivity index (χ1v) is 9.99. The number of rotatable bonds is 4. The Labute approximate surface area is 166 Å². The number of nitrogens with zero attached hydrogens (tertiary/aromatic N) is 3. The molecule has 0 aliphatic rings. The van der Waals surface area contributed by atoms with Crippen molar-refractivity contribution in [2.45, 2.75) is 18.0 Å². The van der Waals surface area contributed by atoms with Gasteiger partial charge >= 0.3 is 6.18 Å². The molecule has 12 heteroatoms. The molecule has 1 aromatic carbocycles. The molecule has 0 unspecified atom stereocenters. The highest BCUT2D eigenvalue weighted by atomic mass is 32.2. The maximum absolute atomic E-state index is 13.6. The zero-order chi connectivity index (χ0) is 22.4. The van der Waals surface area contributed by atoms with E-state index in [0.717, 1.165) is 6.20 Å². The number of benzene rings is 1. The highest BCUT2D eigenvalue weighted by molar-refractivity contribution is 7.91. The fraction of sp³-hybridized carbons (Fsp3) is 0.222. The largest absolute Gasteiger partial charge is 0.417 e. The van der Waals surface area contributed by atoms with Gasteiger partial charge in [-0.25, -0.2) is 26.6 Å². The Hall–Kier alpha value is -2.89. The Bertz CT molecular complexity index is 1210. The van der Waals surface area contributed by atoms with Gasteiger partial charge in [-0.3, -0.25) is 4.98 Å². The van der Waals surface area contributed by atoms with Gasteiger partial charge in [-0.2, -0.15) is 13.2 Å². The molecule has 0 spiro atoms. The molecule has 0 saturated carbocycles. The van der Waals surface area contributed by atoms with Gasteiger partial charge in [-0.05, 0) is 18.2 Å². The van der Waals surface area contributed by atoms with E-state index in [1.165, 1.54) is 18.5 Å². The minimum absolute atomic E-state index is 0.0596. The Kier molecular flexibility index (Phi) is 5.39. The molecule has 160 valence electrons. The normalized spacial score (nSPS) is 12.4. The van der Waals surface area contributed by atoms with Gasteiger partial charge in [0.05, 0.1) is 28.1 Å². The molecule has 3 rings (SSSR count). The van der Waals surface area contributed by atoms with E-state index in [2.05, 4.69) is 9.97 Å². The van der Waals surface area contributed by atoms with Crippen LogP contribution in [0.5, 0.6) is 0 Å². The fourth-order valence-corrected chi connectivity index (χ4v) is 3.82. The molecule has 2 aromatic heterocycles. The Morgan fingerprint density at radius 1 is 1.00 bits per heavy atom. The fourth-order valence-electron chi connectivity index (χ4n) is 2.76. The third-order valence-electron chi connectivity index (χ3n) is 4.37. The van der Waals surface area contributed by atoms with Crippen molar-refractivity contribution in [3.8, 4) is 22.8 Å². The highest BCUT2D eigenvalue weighted by Gasteiger charge is 2.34. The van der Waals surface area contributed by atoms with Crippen LogP contribution in [0.1, 0.15) is 12.5 Å². The first kappa shape index (κ1) is 21.8. The lowest BCUT2D eigenvalue weighted by atomic mass is 10.1. The number of alkyl halides is 3. The van der Waals surface area contributed by atoms with Gasteiger partial charge in [0.25, 0.3) is 0 Å². The van der Waals surface area contributed by atoms with Crippen molar-refractivity contribution in [1.29, 1.82) is 0 Å². The summed E-state index contributed by atoms with van der Waals surface area (Å²) in [4.78, 5) is 6.93. The van der Waals surface area contributed by atoms with Gasteiger partial charge in [0, 0.05) is 18.8 Å². The number of halogens is 6. The van der Waals surface area contributed by atoms with Crippen molar-refractivity contribution in [3.05, 3.63) is 53.6 Å². The number of pyridine rings is 1. The smallest absolute Gasteiger partial charge is 0.326 e. The van der Waals surface area contributed by atoms with Gasteiger partial charge in [0.1, 0.15) is 5.69 Å². The topological polar surface area (TPSA) is 64.8 Å². The molecule has 2 heterocycles. The lowest BCUT2D eigenvalue weighted by molar-refractivity contribution is -0.138. The van der Waals surface area contributed by atoms with Crippen LogP contribution in [0.2, 0.25) is 0 Å². The molecular formula is C18H13F6N3O2S. The monoisotopic (exact) mass is 449 g/mol. The molecule has 3 aromatic rings. The van der Waals surface area contributed by atoms with Crippen molar-refractivity contribution in [2.24, 2.45) is 7.05 Å². The SMILES string of the molecule is CCS(=O)(=O)c1cc(C(F)(F)F)cnc1-c1ncc(-c2cc(F)c(F)c(F)c2)n1C. The molecule has 0 aliphatic heterocycles. The summed E-state index contributed by atoms with van der Waals surface area (Å²) in [7, 11) is -2.79. The zero-order valence-corrected chi connectivity index (χ0v) is 16.2. The summed E-state index contributed by atoms with van der Waals surface area (Å²) < 4.78 is 105. The summed E-state index contributed by atoms with van der Waals surface area (Å²) in [5, 5.41) is 0. The molecule has 0 fully saturated rings. The van der Waals surface area contributed by atoms with Gasteiger partial charge < -0.3 is 4.57 Å². The third kappa shape index (κ3) is 3.78. The molecule has 30 heavy (non-hydrogen) atoms. The van der Waals surface area contributed by atoms with E-state index >= 15 is 0 Å². The van der Waals surface area contributed by atoms with E-state index in [0.29, 0.717) is 24.4 Å². The maximum Gasteiger partial charge on any atom is 0.417 e. The highest BCUT2D eigenvalue weighted by Crippen LogP contribution is 2.35. The molecule has 0 bridgehead atoms. The summed E-state index contributed by atoms with van der Waals surface area (Å²) in [6.07, 6.45) is -3.24. The van der Waals surface area contributed by atoms with Gasteiger partial charge in [0.2, 0.25) is 0 Å². The first-order chi connectivity index (χ1) is 13.9. The van der Waals surface area contributed by atoms with Crippen LogP contribution in [0.3, 0.4) is 0 Å². The molecule has 0 amide bonds. The van der Waals surface area contributed by atoms with Crippen LogP contribution in [-0.4, -0.2) is 28.7 Å². The number of sulfone groups is 1. The third-order valence-corrected chi connectivity index (χ3v) is 6.12. The zero-order valence-electron chi connectivity index (χ0n) is 15.4. The van der Waals surface area contributed by atoms with Crippen molar-refractivity contribution in [3.63, 3.8) is 0 Å². The van der Waals surface area contributed by atoms with Crippen LogP contribution in [0.25, 0.3) is 22.8 Å². The van der Waals surface area contributed by atoms with E-state index in [1.54, 1.807) is 0 Å². The standard InChI is InChI=1S/C18H13F6N3O2S/c1-3-30(28,29)14-6-10(18(22,23)24)7-25-16(14)17-26-8-13(27(17)2)9-4-11(19)15(21)12(20)5-9/h4-8H,3H2,1-2H3. The number of hydrogen-bond donors (Lipinski definition) is 0. The van der Waals surface area contributed by atoms with Crippen molar-refractivity contribution < 1.29 is 34.8 Å². The maximum atomic E-state index is 13.6. The van der Waals surface area contributed by atoms with Crippen LogP contribution in [0.4, 0.5) is 26.3 Å². The van der Waals surface area contributed by atoms with Crippen LogP contribution in [0.15, 0.2) is 35.5 Å². The van der Waals surface area contributed by atoms with E-state index in [4.69, 9.17) is 0 Å². The molecule has 0 saturated heterocycles. The van der Waals surface area contributed by atoms with Crippen LogP contribution in [-0.2, 0) is 23.1 Å². The van der Waals surface area contributed by atoms with Crippen LogP contribution in [0, 0.1) is 17.5 Å². The molecule has 0 atom stereocenters. The predicted molar refractivity (Wildman–Crippen MR) is 94.5 cm³/mol. The second-order valence-corrected chi connectivity index (χ2v) is 8.50. The summed E-state index contributed by atoms with van der Waals surface area (Å²) in [5.74, 6) is -5.21. The minimum Gasteiger partial charge on any atom is -0.326 e. The van der Waals surface area contributed by atoms with Crippen molar-refractivity contribution in [2.75, 3.05) is 5.75 Å². The number of hydrogen-bond acceptors (Lipinski definition) is 4. The Morgan fingerprint density at radius 2 is 1.60 bits per heavy atom. The predicted octanol–water partition coefficient (Wildman–Crippen LogP) is 4.38. The summed E-state index contributed by atoms with van der Waals surface area (Å²) >= 11 is 0. The van der Waals surface area contributed by atoms with Crippen LogP contribution < -0.4 is 0 Å². The average Bonchev–Trinajstić information content (AvgIpc) is 3.05. The van der Waals surface area contributed by atoms with Crippen molar-refractivity contribution >= 4 is 9.84 Å². The second-order valence-electron chi connectivity index (χ2n) is 6.25. The molecular weight excluding hydrogens is 436 g/mol. The van der Waals surface area contributed by atoms with Crippen molar-refractivity contribution in [1.82, 2.24) is 14.5 Å². The Balaban J connectivity index is 2.23. The summed E-state index contributed by atoms with van der Waals surface area (Å²) in [5.41, 5.74) is -1.67. The van der Waals surface area contributed by atoms with E-state index < -0.39 is 49.7 Å². The molecule has 0 radical (unpaired) electrons. The quantitative estimate of drug-likeness (QED) is 0.438. The van der Waals surface area contributed by atoms with E-state index in [-0.39, 0.29) is 22.8 Å². The number of aromatic nitrogens is 3. The average molecular weight is 449 g/mol. The lowest BCUT2D eigenvalue weighted by Gasteiger charge is -2.13. The minimum atomic E-state index is -4.82. The van der Waals surface area contributed by atoms with Crippen LogP contribution >= 0.6 is 0 Å². The molecule has 0 aliphatic carbocycles. The summed E-state index contributed by atoms with van der Waals surface area (Å²) in [6.45, 7) is 1.26. The lowest BCUT2D eigenvalue weighted by Crippen LogP contribution is -2.13. The van der Waals surface area contributed by atoms with E-state index in [9.17, 15) is 34.8 Å². The number of imidazole rings is 1. The second kappa shape index (κ2) is 7.42. The molecule has 0 N–H and O–H groups in total. The van der Waals surface area contributed by atoms with Gasteiger partial charge in [0.15, 0.2) is 33.1 Å².